The van der Waals surface area contributed by atoms with E-state index < -0.39 is 5.97 Å². The van der Waals surface area contributed by atoms with Crippen LogP contribution in [0.15, 0.2) is 42.7 Å². The number of carboxylic acids is 1. The Hall–Kier alpha value is -3.13. The quantitative estimate of drug-likeness (QED) is 0.781. The molecule has 1 heterocycles. The minimum absolute atomic E-state index is 0.192. The number of fused-ring (bicyclic) bond motifs is 1. The first-order valence-corrected chi connectivity index (χ1v) is 6.32. The van der Waals surface area contributed by atoms with Crippen molar-refractivity contribution in [2.45, 2.75) is 6.92 Å². The number of aryl methyl sites for hydroxylation is 1. The Morgan fingerprint density at radius 1 is 1.33 bits per heavy atom. The number of aromatic carboxylic acids is 1. The molecule has 3 rings (SSSR count). The van der Waals surface area contributed by atoms with Crippen molar-refractivity contribution in [1.82, 2.24) is 9.55 Å². The zero-order valence-electron chi connectivity index (χ0n) is 11.2. The molecule has 5 heteroatoms. The Labute approximate surface area is 120 Å². The molecule has 2 aromatic carbocycles. The first-order chi connectivity index (χ1) is 10.1. The van der Waals surface area contributed by atoms with Gasteiger partial charge in [-0.2, -0.15) is 5.26 Å². The first kappa shape index (κ1) is 12.9. The molecule has 0 radical (unpaired) electrons. The SMILES string of the molecule is Cc1cccc(-n2cnc3cc(C(=O)O)ccc32)c1C#N. The van der Waals surface area contributed by atoms with Crippen LogP contribution in [0.4, 0.5) is 0 Å². The highest BCUT2D eigenvalue weighted by molar-refractivity contribution is 5.92. The van der Waals surface area contributed by atoms with E-state index in [9.17, 15) is 10.1 Å². The van der Waals surface area contributed by atoms with Crippen molar-refractivity contribution >= 4 is 17.0 Å². The van der Waals surface area contributed by atoms with Gasteiger partial charge in [0.05, 0.1) is 27.8 Å². The number of nitrogens with zero attached hydrogens (tertiary/aromatic N) is 3. The van der Waals surface area contributed by atoms with Crippen LogP contribution in [0, 0.1) is 18.3 Å². The summed E-state index contributed by atoms with van der Waals surface area (Å²) in [6, 6.07) is 12.6. The third-order valence-electron chi connectivity index (χ3n) is 3.42. The predicted octanol–water partition coefficient (Wildman–Crippen LogP) is 2.90. The van der Waals surface area contributed by atoms with E-state index in [1.54, 1.807) is 17.0 Å². The molecule has 0 amide bonds. The summed E-state index contributed by atoms with van der Waals surface area (Å²) in [6.45, 7) is 1.88. The fourth-order valence-corrected chi connectivity index (χ4v) is 2.34. The van der Waals surface area contributed by atoms with Crippen molar-refractivity contribution in [3.63, 3.8) is 0 Å². The highest BCUT2D eigenvalue weighted by Gasteiger charge is 2.12. The molecule has 0 saturated carbocycles. The molecule has 5 nitrogen and oxygen atoms in total. The summed E-state index contributed by atoms with van der Waals surface area (Å²) in [5.74, 6) is -0.986. The van der Waals surface area contributed by atoms with Gasteiger partial charge in [0.1, 0.15) is 12.4 Å². The summed E-state index contributed by atoms with van der Waals surface area (Å²) >= 11 is 0. The number of hydrogen-bond acceptors (Lipinski definition) is 3. The van der Waals surface area contributed by atoms with Crippen molar-refractivity contribution in [1.29, 1.82) is 5.26 Å². The van der Waals surface area contributed by atoms with Crippen molar-refractivity contribution in [2.75, 3.05) is 0 Å². The van der Waals surface area contributed by atoms with Crippen LogP contribution in [0.25, 0.3) is 16.7 Å². The van der Waals surface area contributed by atoms with Gasteiger partial charge in [-0.05, 0) is 36.8 Å². The van der Waals surface area contributed by atoms with Crippen LogP contribution in [-0.2, 0) is 0 Å². The molecule has 0 atom stereocenters. The second kappa shape index (κ2) is 4.76. The third-order valence-corrected chi connectivity index (χ3v) is 3.42. The zero-order valence-corrected chi connectivity index (χ0v) is 11.2. The maximum absolute atomic E-state index is 11.0. The summed E-state index contributed by atoms with van der Waals surface area (Å²) in [5, 5.41) is 18.3. The largest absolute Gasteiger partial charge is 0.478 e. The molecule has 1 aromatic heterocycles. The normalized spacial score (nSPS) is 10.5. The van der Waals surface area contributed by atoms with Gasteiger partial charge < -0.3 is 5.11 Å². The van der Waals surface area contributed by atoms with E-state index in [1.165, 1.54) is 12.1 Å². The molecule has 0 saturated heterocycles. The molecule has 0 aliphatic carbocycles. The second-order valence-corrected chi connectivity index (χ2v) is 4.70. The molecule has 0 aliphatic heterocycles. The number of benzene rings is 2. The van der Waals surface area contributed by atoms with Crippen LogP contribution >= 0.6 is 0 Å². The molecule has 0 aliphatic rings. The molecule has 0 fully saturated rings. The summed E-state index contributed by atoms with van der Waals surface area (Å²) < 4.78 is 1.80. The van der Waals surface area contributed by atoms with Gasteiger partial charge in [-0.25, -0.2) is 9.78 Å². The number of aromatic nitrogens is 2. The van der Waals surface area contributed by atoms with E-state index in [4.69, 9.17) is 5.11 Å². The predicted molar refractivity (Wildman–Crippen MR) is 77.5 cm³/mol. The molecular formula is C16H11N3O2. The highest BCUT2D eigenvalue weighted by atomic mass is 16.4. The van der Waals surface area contributed by atoms with Gasteiger partial charge in [0.15, 0.2) is 0 Å². The van der Waals surface area contributed by atoms with Crippen LogP contribution < -0.4 is 0 Å². The zero-order chi connectivity index (χ0) is 15.0. The van der Waals surface area contributed by atoms with Crippen molar-refractivity contribution in [2.24, 2.45) is 0 Å². The van der Waals surface area contributed by atoms with Crippen LogP contribution in [0.2, 0.25) is 0 Å². The van der Waals surface area contributed by atoms with Crippen molar-refractivity contribution in [3.8, 4) is 11.8 Å². The highest BCUT2D eigenvalue weighted by Crippen LogP contribution is 2.23. The Morgan fingerprint density at radius 3 is 2.86 bits per heavy atom. The maximum atomic E-state index is 11.0. The Kier molecular flexibility index (Phi) is 2.92. The maximum Gasteiger partial charge on any atom is 0.335 e. The second-order valence-electron chi connectivity index (χ2n) is 4.70. The fraction of sp³-hybridized carbons (Fsp3) is 0.0625. The molecule has 3 aromatic rings. The summed E-state index contributed by atoms with van der Waals surface area (Å²) in [7, 11) is 0. The fourth-order valence-electron chi connectivity index (χ4n) is 2.34. The Morgan fingerprint density at radius 2 is 2.14 bits per heavy atom. The van der Waals surface area contributed by atoms with Crippen LogP contribution in [0.1, 0.15) is 21.5 Å². The van der Waals surface area contributed by atoms with Gasteiger partial charge in [-0.1, -0.05) is 12.1 Å². The van der Waals surface area contributed by atoms with E-state index in [-0.39, 0.29) is 5.56 Å². The Balaban J connectivity index is 2.26. The number of hydrogen-bond donors (Lipinski definition) is 1. The summed E-state index contributed by atoms with van der Waals surface area (Å²) in [6.07, 6.45) is 1.60. The van der Waals surface area contributed by atoms with E-state index in [1.807, 2.05) is 25.1 Å². The minimum atomic E-state index is -0.986. The molecule has 0 unspecified atom stereocenters. The standard InChI is InChI=1S/C16H11N3O2/c1-10-3-2-4-14(12(10)8-17)19-9-18-13-7-11(16(20)21)5-6-15(13)19/h2-7,9H,1H3,(H,20,21). The molecule has 0 spiro atoms. The van der Waals surface area contributed by atoms with Gasteiger partial charge in [0.2, 0.25) is 0 Å². The van der Waals surface area contributed by atoms with Gasteiger partial charge in [-0.3, -0.25) is 4.57 Å². The number of carbonyl (C=O) groups is 1. The van der Waals surface area contributed by atoms with E-state index in [0.717, 1.165) is 16.8 Å². The number of imidazole rings is 1. The average molecular weight is 277 g/mol. The summed E-state index contributed by atoms with van der Waals surface area (Å²) in [5.41, 5.74) is 3.75. The third kappa shape index (κ3) is 2.03. The molecule has 102 valence electrons. The Bertz CT molecular complexity index is 904. The monoisotopic (exact) mass is 277 g/mol. The number of carboxylic acid groups (broad SMARTS) is 1. The minimum Gasteiger partial charge on any atom is -0.478 e. The lowest BCUT2D eigenvalue weighted by molar-refractivity contribution is 0.0697. The lowest BCUT2D eigenvalue weighted by atomic mass is 10.1. The molecule has 0 bridgehead atoms. The smallest absolute Gasteiger partial charge is 0.335 e. The average Bonchev–Trinajstić information content (AvgIpc) is 2.89. The topological polar surface area (TPSA) is 78.9 Å². The van der Waals surface area contributed by atoms with Gasteiger partial charge >= 0.3 is 5.97 Å². The molecule has 1 N–H and O–H groups in total. The number of rotatable bonds is 2. The molecule has 21 heavy (non-hydrogen) atoms. The van der Waals surface area contributed by atoms with Crippen LogP contribution in [0.3, 0.4) is 0 Å². The first-order valence-electron chi connectivity index (χ1n) is 6.32. The van der Waals surface area contributed by atoms with Crippen LogP contribution in [-0.4, -0.2) is 20.6 Å². The van der Waals surface area contributed by atoms with E-state index in [0.29, 0.717) is 11.1 Å². The number of nitriles is 1. The van der Waals surface area contributed by atoms with E-state index in [2.05, 4.69) is 11.1 Å². The van der Waals surface area contributed by atoms with Crippen molar-refractivity contribution in [3.05, 3.63) is 59.4 Å². The van der Waals surface area contributed by atoms with Crippen molar-refractivity contribution < 1.29 is 9.90 Å². The van der Waals surface area contributed by atoms with Gasteiger partial charge in [0.25, 0.3) is 0 Å². The van der Waals surface area contributed by atoms with Crippen LogP contribution in [0.5, 0.6) is 0 Å². The molecular weight excluding hydrogens is 266 g/mol. The van der Waals surface area contributed by atoms with Gasteiger partial charge in [-0.15, -0.1) is 0 Å². The summed E-state index contributed by atoms with van der Waals surface area (Å²) in [4.78, 5) is 15.2. The van der Waals surface area contributed by atoms with E-state index >= 15 is 0 Å². The lowest BCUT2D eigenvalue weighted by Crippen LogP contribution is -1.99. The lowest BCUT2D eigenvalue weighted by Gasteiger charge is -2.08. The van der Waals surface area contributed by atoms with Gasteiger partial charge in [0, 0.05) is 0 Å².